The first-order chi connectivity index (χ1) is 14.8. The number of rotatable bonds is 21. The molecule has 0 aromatic rings. The summed E-state index contributed by atoms with van der Waals surface area (Å²) in [7, 11) is 0. The Morgan fingerprint density at radius 1 is 0.400 bits per heavy atom. The van der Waals surface area contributed by atoms with Gasteiger partial charge in [-0.05, 0) is 77.8 Å². The van der Waals surface area contributed by atoms with Crippen molar-refractivity contribution in [2.45, 2.75) is 38.5 Å². The fourth-order valence-corrected chi connectivity index (χ4v) is 3.02. The van der Waals surface area contributed by atoms with Gasteiger partial charge in [0.1, 0.15) is 0 Å². The number of hydrogen-bond acceptors (Lipinski definition) is 10. The van der Waals surface area contributed by atoms with Gasteiger partial charge in [0.25, 0.3) is 0 Å². The van der Waals surface area contributed by atoms with Gasteiger partial charge in [0.05, 0.1) is 26.2 Å². The van der Waals surface area contributed by atoms with Gasteiger partial charge in [0.15, 0.2) is 0 Å². The van der Waals surface area contributed by atoms with E-state index in [9.17, 15) is 19.2 Å². The van der Waals surface area contributed by atoms with Crippen molar-refractivity contribution in [1.29, 1.82) is 0 Å². The fraction of sp³-hybridized carbons (Fsp3) is 0.800. The normalized spacial score (nSPS) is 10.1. The summed E-state index contributed by atoms with van der Waals surface area (Å²) in [4.78, 5) is 59.7. The summed E-state index contributed by atoms with van der Waals surface area (Å²) < 4.78 is 0. The Hall–Kier alpha value is -2.56. The molecule has 0 amide bonds. The third-order valence-corrected chi connectivity index (χ3v) is 4.43. The molecule has 0 aromatic carbocycles. The Labute approximate surface area is 177 Å². The van der Waals surface area contributed by atoms with E-state index >= 15 is 0 Å². The van der Waals surface area contributed by atoms with Crippen LogP contribution in [-0.2, 0) is 19.2 Å². The zero-order valence-corrected chi connectivity index (χ0v) is 17.6. The van der Waals surface area contributed by atoms with Crippen LogP contribution in [0.4, 0.5) is 0 Å². The summed E-state index contributed by atoms with van der Waals surface area (Å²) in [5.74, 6) is 0. The van der Waals surface area contributed by atoms with Crippen molar-refractivity contribution in [3.8, 4) is 0 Å². The molecule has 0 spiro atoms. The van der Waals surface area contributed by atoms with Crippen LogP contribution in [0.1, 0.15) is 38.5 Å². The summed E-state index contributed by atoms with van der Waals surface area (Å²) in [5, 5.41) is 0. The SMILES string of the molecule is O=C=NCCCN(CCCCN(CCCN=C=O)CCCN=C=O)CCCN=C=O. The highest BCUT2D eigenvalue weighted by molar-refractivity contribution is 5.33. The highest BCUT2D eigenvalue weighted by Crippen LogP contribution is 2.03. The molecular formula is C20H32N6O4. The van der Waals surface area contributed by atoms with Crippen molar-refractivity contribution in [1.82, 2.24) is 9.80 Å². The molecule has 0 rings (SSSR count). The fourth-order valence-electron chi connectivity index (χ4n) is 3.02. The molecule has 0 aliphatic heterocycles. The molecule has 0 radical (unpaired) electrons. The second kappa shape index (κ2) is 22.7. The van der Waals surface area contributed by atoms with E-state index in [1.807, 2.05) is 0 Å². The quantitative estimate of drug-likeness (QED) is 0.156. The first kappa shape index (κ1) is 27.4. The average Bonchev–Trinajstić information content (AvgIpc) is 2.76. The first-order valence-corrected chi connectivity index (χ1v) is 10.4. The van der Waals surface area contributed by atoms with Crippen molar-refractivity contribution in [3.05, 3.63) is 0 Å². The number of aliphatic imine (C=N–C) groups is 4. The molecule has 0 N–H and O–H groups in total. The van der Waals surface area contributed by atoms with Gasteiger partial charge >= 0.3 is 0 Å². The van der Waals surface area contributed by atoms with Crippen LogP contribution in [0, 0.1) is 0 Å². The summed E-state index contributed by atoms with van der Waals surface area (Å²) in [6.07, 6.45) is 11.4. The van der Waals surface area contributed by atoms with E-state index in [4.69, 9.17) is 0 Å². The molecular weight excluding hydrogens is 388 g/mol. The van der Waals surface area contributed by atoms with E-state index in [1.54, 1.807) is 24.3 Å². The molecule has 0 saturated heterocycles. The minimum absolute atomic E-state index is 0.465. The van der Waals surface area contributed by atoms with Crippen LogP contribution >= 0.6 is 0 Å². The minimum Gasteiger partial charge on any atom is -0.303 e. The van der Waals surface area contributed by atoms with Gasteiger partial charge < -0.3 is 9.80 Å². The van der Waals surface area contributed by atoms with E-state index < -0.39 is 0 Å². The molecule has 30 heavy (non-hydrogen) atoms. The van der Waals surface area contributed by atoms with Gasteiger partial charge in [-0.1, -0.05) is 0 Å². The summed E-state index contributed by atoms with van der Waals surface area (Å²) >= 11 is 0. The molecule has 0 atom stereocenters. The van der Waals surface area contributed by atoms with Gasteiger partial charge in [-0.15, -0.1) is 0 Å². The van der Waals surface area contributed by atoms with Crippen LogP contribution in [0.25, 0.3) is 0 Å². The lowest BCUT2D eigenvalue weighted by atomic mass is 10.2. The number of nitrogens with zero attached hydrogens (tertiary/aromatic N) is 6. The minimum atomic E-state index is 0.465. The smallest absolute Gasteiger partial charge is 0.234 e. The Kier molecular flexibility index (Phi) is 20.8. The van der Waals surface area contributed by atoms with E-state index in [1.165, 1.54) is 0 Å². The van der Waals surface area contributed by atoms with Gasteiger partial charge in [-0.3, -0.25) is 0 Å². The lowest BCUT2D eigenvalue weighted by Gasteiger charge is -2.24. The van der Waals surface area contributed by atoms with Crippen LogP contribution in [0.3, 0.4) is 0 Å². The Bertz CT molecular complexity index is 517. The van der Waals surface area contributed by atoms with Gasteiger partial charge in [0.2, 0.25) is 24.3 Å². The number of isocyanates is 4. The molecule has 0 heterocycles. The van der Waals surface area contributed by atoms with Crippen LogP contribution in [-0.4, -0.2) is 99.6 Å². The van der Waals surface area contributed by atoms with Crippen molar-refractivity contribution >= 4 is 24.3 Å². The standard InChI is InChI=1S/C20H32N6O4/c27-17-21-7-3-13-25(14-4-8-22-18-28)11-1-2-12-26(15-5-9-23-19-29)16-6-10-24-20-30/h1-16H2. The van der Waals surface area contributed by atoms with Crippen LogP contribution in [0.2, 0.25) is 0 Å². The van der Waals surface area contributed by atoms with Gasteiger partial charge in [0, 0.05) is 0 Å². The topological polar surface area (TPSA) is 124 Å². The lowest BCUT2D eigenvalue weighted by molar-refractivity contribution is 0.237. The average molecular weight is 421 g/mol. The molecule has 166 valence electrons. The highest BCUT2D eigenvalue weighted by atomic mass is 16.1. The molecule has 10 nitrogen and oxygen atoms in total. The van der Waals surface area contributed by atoms with E-state index in [-0.39, 0.29) is 0 Å². The Morgan fingerprint density at radius 2 is 0.633 bits per heavy atom. The molecule has 0 aliphatic rings. The maximum absolute atomic E-state index is 10.2. The van der Waals surface area contributed by atoms with E-state index in [2.05, 4.69) is 29.8 Å². The molecule has 0 aliphatic carbocycles. The van der Waals surface area contributed by atoms with Crippen LogP contribution in [0.15, 0.2) is 20.0 Å². The third-order valence-electron chi connectivity index (χ3n) is 4.43. The second-order valence-corrected chi connectivity index (χ2v) is 6.70. The summed E-state index contributed by atoms with van der Waals surface area (Å²) in [6.45, 7) is 6.99. The predicted molar refractivity (Wildman–Crippen MR) is 113 cm³/mol. The van der Waals surface area contributed by atoms with Gasteiger partial charge in [-0.2, -0.15) is 0 Å². The maximum atomic E-state index is 10.2. The molecule has 10 heteroatoms. The summed E-state index contributed by atoms with van der Waals surface area (Å²) in [6, 6.07) is 0. The number of hydrogen-bond donors (Lipinski definition) is 0. The molecule has 0 aromatic heterocycles. The van der Waals surface area contributed by atoms with Crippen molar-refractivity contribution < 1.29 is 19.2 Å². The molecule has 0 bridgehead atoms. The maximum Gasteiger partial charge on any atom is 0.234 e. The molecule has 0 saturated carbocycles. The van der Waals surface area contributed by atoms with Crippen molar-refractivity contribution in [2.75, 3.05) is 65.4 Å². The zero-order valence-electron chi connectivity index (χ0n) is 17.6. The van der Waals surface area contributed by atoms with Crippen LogP contribution in [0.5, 0.6) is 0 Å². The third kappa shape index (κ3) is 18.8. The number of carbonyl (C=O) groups excluding carboxylic acids is 4. The Balaban J connectivity index is 4.35. The van der Waals surface area contributed by atoms with Gasteiger partial charge in [-0.25, -0.2) is 39.1 Å². The Morgan fingerprint density at radius 3 is 0.867 bits per heavy atom. The largest absolute Gasteiger partial charge is 0.303 e. The van der Waals surface area contributed by atoms with Crippen LogP contribution < -0.4 is 0 Å². The zero-order chi connectivity index (χ0) is 22.1. The second-order valence-electron chi connectivity index (χ2n) is 6.70. The first-order valence-electron chi connectivity index (χ1n) is 10.4. The summed E-state index contributed by atoms with van der Waals surface area (Å²) in [5.41, 5.74) is 0. The lowest BCUT2D eigenvalue weighted by Crippen LogP contribution is -2.31. The van der Waals surface area contributed by atoms with Crippen molar-refractivity contribution in [3.63, 3.8) is 0 Å². The highest BCUT2D eigenvalue weighted by Gasteiger charge is 2.07. The van der Waals surface area contributed by atoms with Crippen molar-refractivity contribution in [2.24, 2.45) is 20.0 Å². The molecule has 0 fully saturated rings. The van der Waals surface area contributed by atoms with E-state index in [0.717, 1.165) is 77.8 Å². The monoisotopic (exact) mass is 420 g/mol. The number of unbranched alkanes of at least 4 members (excludes halogenated alkanes) is 1. The molecule has 0 unspecified atom stereocenters. The van der Waals surface area contributed by atoms with E-state index in [0.29, 0.717) is 26.2 Å². The predicted octanol–water partition coefficient (Wildman–Crippen LogP) is 1.27.